The Labute approximate surface area is 129 Å². The lowest BCUT2D eigenvalue weighted by Gasteiger charge is -2.01. The third-order valence-electron chi connectivity index (χ3n) is 2.89. The number of carbonyl (C=O) groups is 1. The highest BCUT2D eigenvalue weighted by Gasteiger charge is 2.19. The number of benzene rings is 1. The second kappa shape index (κ2) is 7.49. The fourth-order valence-corrected chi connectivity index (χ4v) is 1.90. The van der Waals surface area contributed by atoms with Gasteiger partial charge in [0.1, 0.15) is 11.4 Å². The summed E-state index contributed by atoms with van der Waals surface area (Å²) in [7, 11) is 1.60. The predicted octanol–water partition coefficient (Wildman–Crippen LogP) is 2.85. The number of hydrogen-bond acceptors (Lipinski definition) is 6. The number of methoxy groups -OCH3 is 1. The quantitative estimate of drug-likeness (QED) is 0.733. The Bertz CT molecular complexity index is 618. The molecule has 0 atom stereocenters. The van der Waals surface area contributed by atoms with Crippen molar-refractivity contribution < 1.29 is 23.4 Å². The number of esters is 1. The molecule has 0 N–H and O–H groups in total. The van der Waals surface area contributed by atoms with Crippen LogP contribution in [0.5, 0.6) is 11.7 Å². The van der Waals surface area contributed by atoms with E-state index in [4.69, 9.17) is 18.6 Å². The van der Waals surface area contributed by atoms with Gasteiger partial charge < -0.3 is 18.6 Å². The Hall–Kier alpha value is -2.50. The number of ether oxygens (including phenoxy) is 3. The highest BCUT2D eigenvalue weighted by molar-refractivity contribution is 5.73. The van der Waals surface area contributed by atoms with Crippen molar-refractivity contribution in [3.63, 3.8) is 0 Å². The summed E-state index contributed by atoms with van der Waals surface area (Å²) in [4.78, 5) is 16.0. The molecule has 0 fully saturated rings. The van der Waals surface area contributed by atoms with Crippen molar-refractivity contribution in [1.82, 2.24) is 4.98 Å². The van der Waals surface area contributed by atoms with E-state index in [-0.39, 0.29) is 18.3 Å². The number of carbonyl (C=O) groups excluding carboxylic acids is 1. The molecule has 0 bridgehead atoms. The van der Waals surface area contributed by atoms with E-state index in [9.17, 15) is 4.79 Å². The van der Waals surface area contributed by atoms with Crippen LogP contribution in [0.25, 0.3) is 11.5 Å². The van der Waals surface area contributed by atoms with E-state index in [0.29, 0.717) is 24.8 Å². The lowest BCUT2D eigenvalue weighted by molar-refractivity contribution is -0.142. The second-order valence-corrected chi connectivity index (χ2v) is 4.40. The molecule has 0 radical (unpaired) electrons. The van der Waals surface area contributed by atoms with Crippen LogP contribution >= 0.6 is 0 Å². The molecule has 0 aliphatic rings. The molecule has 6 nitrogen and oxygen atoms in total. The maximum atomic E-state index is 11.6. The Balaban J connectivity index is 2.26. The van der Waals surface area contributed by atoms with Crippen LogP contribution in [0.4, 0.5) is 0 Å². The van der Waals surface area contributed by atoms with Gasteiger partial charge >= 0.3 is 11.9 Å². The number of nitrogens with zero attached hydrogens (tertiary/aromatic N) is 1. The van der Waals surface area contributed by atoms with Crippen molar-refractivity contribution in [1.29, 1.82) is 0 Å². The van der Waals surface area contributed by atoms with E-state index in [0.717, 1.165) is 11.3 Å². The van der Waals surface area contributed by atoms with E-state index in [1.807, 2.05) is 31.2 Å². The van der Waals surface area contributed by atoms with Gasteiger partial charge in [-0.25, -0.2) is 4.98 Å². The van der Waals surface area contributed by atoms with Gasteiger partial charge in [0, 0.05) is 5.56 Å². The van der Waals surface area contributed by atoms with Crippen LogP contribution in [0, 0.1) is 0 Å². The molecule has 0 saturated heterocycles. The van der Waals surface area contributed by atoms with E-state index >= 15 is 0 Å². The van der Waals surface area contributed by atoms with E-state index < -0.39 is 0 Å². The number of rotatable bonds is 7. The van der Waals surface area contributed by atoms with Crippen molar-refractivity contribution >= 4 is 5.97 Å². The fourth-order valence-electron chi connectivity index (χ4n) is 1.90. The van der Waals surface area contributed by atoms with Gasteiger partial charge in [-0.05, 0) is 38.1 Å². The van der Waals surface area contributed by atoms with Crippen LogP contribution in [0.15, 0.2) is 28.7 Å². The molecular formula is C16H19NO5. The summed E-state index contributed by atoms with van der Waals surface area (Å²) in [5.41, 5.74) is 1.21. The van der Waals surface area contributed by atoms with Gasteiger partial charge in [0.05, 0.1) is 26.7 Å². The van der Waals surface area contributed by atoms with Gasteiger partial charge in [-0.15, -0.1) is 0 Å². The lowest BCUT2D eigenvalue weighted by Crippen LogP contribution is -2.09. The van der Waals surface area contributed by atoms with Crippen LogP contribution in [0.2, 0.25) is 0 Å². The van der Waals surface area contributed by atoms with Crippen LogP contribution in [-0.4, -0.2) is 31.3 Å². The molecular weight excluding hydrogens is 286 g/mol. The van der Waals surface area contributed by atoms with Gasteiger partial charge in [-0.2, -0.15) is 0 Å². The van der Waals surface area contributed by atoms with Crippen molar-refractivity contribution in [2.75, 3.05) is 20.3 Å². The molecule has 6 heteroatoms. The van der Waals surface area contributed by atoms with Crippen molar-refractivity contribution in [2.24, 2.45) is 0 Å². The van der Waals surface area contributed by atoms with E-state index in [2.05, 4.69) is 4.98 Å². The molecule has 0 saturated carbocycles. The summed E-state index contributed by atoms with van der Waals surface area (Å²) in [6, 6.07) is 7.28. The van der Waals surface area contributed by atoms with Crippen molar-refractivity contribution in [3.8, 4) is 23.1 Å². The summed E-state index contributed by atoms with van der Waals surface area (Å²) < 4.78 is 21.1. The molecule has 0 spiro atoms. The van der Waals surface area contributed by atoms with Gasteiger partial charge in [0.25, 0.3) is 0 Å². The first-order valence-electron chi connectivity index (χ1n) is 7.10. The van der Waals surface area contributed by atoms with Gasteiger partial charge in [0.2, 0.25) is 5.89 Å². The molecule has 118 valence electrons. The molecule has 2 rings (SSSR count). The molecule has 1 aromatic heterocycles. The van der Waals surface area contributed by atoms with Gasteiger partial charge in [-0.1, -0.05) is 0 Å². The topological polar surface area (TPSA) is 70.8 Å². The zero-order valence-electron chi connectivity index (χ0n) is 12.9. The summed E-state index contributed by atoms with van der Waals surface area (Å²) in [6.45, 7) is 4.34. The van der Waals surface area contributed by atoms with Gasteiger partial charge in [0.15, 0.2) is 0 Å². The van der Waals surface area contributed by atoms with E-state index in [1.165, 1.54) is 0 Å². The Morgan fingerprint density at radius 1 is 1.18 bits per heavy atom. The van der Waals surface area contributed by atoms with Crippen molar-refractivity contribution in [2.45, 2.75) is 20.3 Å². The highest BCUT2D eigenvalue weighted by atomic mass is 16.6. The van der Waals surface area contributed by atoms with Crippen LogP contribution < -0.4 is 9.47 Å². The maximum absolute atomic E-state index is 11.6. The molecule has 1 aromatic carbocycles. The Morgan fingerprint density at radius 3 is 2.50 bits per heavy atom. The third kappa shape index (κ3) is 3.78. The van der Waals surface area contributed by atoms with Gasteiger partial charge in [-0.3, -0.25) is 4.79 Å². The standard InChI is InChI=1S/C16H19NO5/c1-4-20-14(18)10-13-16(21-5-2)22-15(17-13)11-6-8-12(19-3)9-7-11/h6-9H,4-5,10H2,1-3H3. The average Bonchev–Trinajstić information content (AvgIpc) is 2.91. The smallest absolute Gasteiger partial charge is 0.312 e. The minimum absolute atomic E-state index is 0.0167. The maximum Gasteiger partial charge on any atom is 0.312 e. The van der Waals surface area contributed by atoms with Crippen LogP contribution in [-0.2, 0) is 16.0 Å². The largest absolute Gasteiger partial charge is 0.497 e. The molecule has 22 heavy (non-hydrogen) atoms. The first kappa shape index (κ1) is 15.9. The molecule has 1 heterocycles. The third-order valence-corrected chi connectivity index (χ3v) is 2.89. The minimum Gasteiger partial charge on any atom is -0.497 e. The zero-order chi connectivity index (χ0) is 15.9. The molecule has 2 aromatic rings. The van der Waals surface area contributed by atoms with Crippen LogP contribution in [0.1, 0.15) is 19.5 Å². The second-order valence-electron chi connectivity index (χ2n) is 4.40. The normalized spacial score (nSPS) is 10.3. The first-order valence-corrected chi connectivity index (χ1v) is 7.10. The monoisotopic (exact) mass is 305 g/mol. The summed E-state index contributed by atoms with van der Waals surface area (Å²) in [5.74, 6) is 1.02. The molecule has 0 aliphatic carbocycles. The highest BCUT2D eigenvalue weighted by Crippen LogP contribution is 2.29. The number of aromatic nitrogens is 1. The lowest BCUT2D eigenvalue weighted by atomic mass is 10.2. The summed E-state index contributed by atoms with van der Waals surface area (Å²) in [6.07, 6.45) is 0.0167. The Morgan fingerprint density at radius 2 is 1.91 bits per heavy atom. The molecule has 0 amide bonds. The predicted molar refractivity (Wildman–Crippen MR) is 80.0 cm³/mol. The number of oxazole rings is 1. The van der Waals surface area contributed by atoms with Crippen molar-refractivity contribution in [3.05, 3.63) is 30.0 Å². The summed E-state index contributed by atoms with van der Waals surface area (Å²) >= 11 is 0. The molecule has 0 unspecified atom stereocenters. The number of hydrogen-bond donors (Lipinski definition) is 0. The van der Waals surface area contributed by atoms with E-state index in [1.54, 1.807) is 14.0 Å². The average molecular weight is 305 g/mol. The zero-order valence-corrected chi connectivity index (χ0v) is 12.9. The molecule has 0 aliphatic heterocycles. The first-order chi connectivity index (χ1) is 10.7. The summed E-state index contributed by atoms with van der Waals surface area (Å²) in [5, 5.41) is 0. The minimum atomic E-state index is -0.363. The van der Waals surface area contributed by atoms with Crippen LogP contribution in [0.3, 0.4) is 0 Å². The Kier molecular flexibility index (Phi) is 5.41. The fraction of sp³-hybridized carbons (Fsp3) is 0.375. The SMILES string of the molecule is CCOC(=O)Cc1nc(-c2ccc(OC)cc2)oc1OCC.